The van der Waals surface area contributed by atoms with E-state index in [2.05, 4.69) is 5.32 Å². The number of nitrogens with one attached hydrogen (secondary N) is 1. The van der Waals surface area contributed by atoms with E-state index in [-0.39, 0.29) is 12.0 Å². The van der Waals surface area contributed by atoms with Crippen molar-refractivity contribution in [1.82, 2.24) is 5.32 Å². The number of amides is 1. The zero-order valence-corrected chi connectivity index (χ0v) is 11.5. The van der Waals surface area contributed by atoms with Crippen molar-refractivity contribution in [3.05, 3.63) is 0 Å². The molecule has 0 aromatic rings. The normalized spacial score (nSPS) is 16.5. The van der Waals surface area contributed by atoms with Crippen LogP contribution in [-0.4, -0.2) is 28.9 Å². The molecule has 16 heavy (non-hydrogen) atoms. The van der Waals surface area contributed by atoms with Crippen molar-refractivity contribution in [2.24, 2.45) is 5.41 Å². The molecule has 1 unspecified atom stereocenters. The first-order valence-corrected chi connectivity index (χ1v) is 5.54. The molecular weight excluding hydrogens is 206 g/mol. The molecule has 0 rings (SSSR count). The summed E-state index contributed by atoms with van der Waals surface area (Å²) in [4.78, 5) is 11.4. The number of rotatable bonds is 2. The van der Waals surface area contributed by atoms with Gasteiger partial charge >= 0.3 is 6.09 Å². The van der Waals surface area contributed by atoms with Crippen molar-refractivity contribution in [3.8, 4) is 0 Å². The topological polar surface area (TPSA) is 58.6 Å². The van der Waals surface area contributed by atoms with E-state index < -0.39 is 17.3 Å². The molecule has 0 aliphatic heterocycles. The SMILES string of the molecule is CC(C)(C)OC(=O)NCC(C)(O)C(C)(C)C. The Balaban J connectivity index is 4.22. The molecule has 0 aromatic heterocycles. The van der Waals surface area contributed by atoms with Crippen LogP contribution in [0.4, 0.5) is 4.79 Å². The average Bonchev–Trinajstić information content (AvgIpc) is 1.95. The molecule has 0 spiro atoms. The molecule has 0 saturated carbocycles. The highest BCUT2D eigenvalue weighted by atomic mass is 16.6. The van der Waals surface area contributed by atoms with Gasteiger partial charge in [-0.15, -0.1) is 0 Å². The van der Waals surface area contributed by atoms with Crippen LogP contribution in [0.5, 0.6) is 0 Å². The lowest BCUT2D eigenvalue weighted by Crippen LogP contribution is -2.50. The highest BCUT2D eigenvalue weighted by Gasteiger charge is 2.35. The lowest BCUT2D eigenvalue weighted by molar-refractivity contribution is -0.0412. The Labute approximate surface area is 98.4 Å². The van der Waals surface area contributed by atoms with Crippen LogP contribution in [0.2, 0.25) is 0 Å². The van der Waals surface area contributed by atoms with Gasteiger partial charge in [-0.3, -0.25) is 0 Å². The van der Waals surface area contributed by atoms with E-state index in [0.29, 0.717) is 0 Å². The van der Waals surface area contributed by atoms with Gasteiger partial charge in [0, 0.05) is 6.54 Å². The maximum atomic E-state index is 11.4. The summed E-state index contributed by atoms with van der Waals surface area (Å²) >= 11 is 0. The summed E-state index contributed by atoms with van der Waals surface area (Å²) in [6.45, 7) is 13.0. The molecule has 4 heteroatoms. The predicted molar refractivity (Wildman–Crippen MR) is 64.3 cm³/mol. The number of hydrogen-bond acceptors (Lipinski definition) is 3. The van der Waals surface area contributed by atoms with Gasteiger partial charge in [0.2, 0.25) is 0 Å². The molecule has 0 radical (unpaired) electrons. The highest BCUT2D eigenvalue weighted by molar-refractivity contribution is 5.67. The van der Waals surface area contributed by atoms with E-state index >= 15 is 0 Å². The molecule has 0 saturated heterocycles. The van der Waals surface area contributed by atoms with E-state index in [0.717, 1.165) is 0 Å². The Morgan fingerprint density at radius 1 is 1.12 bits per heavy atom. The Morgan fingerprint density at radius 3 is 1.88 bits per heavy atom. The minimum atomic E-state index is -0.968. The molecule has 0 aliphatic carbocycles. The first kappa shape index (κ1) is 15.2. The van der Waals surface area contributed by atoms with Crippen LogP contribution in [-0.2, 0) is 4.74 Å². The van der Waals surface area contributed by atoms with Gasteiger partial charge in [0.05, 0.1) is 5.60 Å². The second-order valence-electron chi connectivity index (χ2n) is 6.38. The summed E-state index contributed by atoms with van der Waals surface area (Å²) in [5.74, 6) is 0. The van der Waals surface area contributed by atoms with Gasteiger partial charge in [0.25, 0.3) is 0 Å². The fraction of sp³-hybridized carbons (Fsp3) is 0.917. The lowest BCUT2D eigenvalue weighted by Gasteiger charge is -2.37. The van der Waals surface area contributed by atoms with Gasteiger partial charge in [-0.05, 0) is 33.1 Å². The number of carbonyl (C=O) groups is 1. The third-order valence-electron chi connectivity index (χ3n) is 2.59. The van der Waals surface area contributed by atoms with Crippen LogP contribution in [0.3, 0.4) is 0 Å². The average molecular weight is 231 g/mol. The maximum Gasteiger partial charge on any atom is 0.407 e. The zero-order valence-electron chi connectivity index (χ0n) is 11.5. The third kappa shape index (κ3) is 5.35. The second-order valence-corrected chi connectivity index (χ2v) is 6.38. The number of hydrogen-bond donors (Lipinski definition) is 2. The highest BCUT2D eigenvalue weighted by Crippen LogP contribution is 2.29. The molecule has 4 nitrogen and oxygen atoms in total. The van der Waals surface area contributed by atoms with E-state index in [1.807, 2.05) is 20.8 Å². The van der Waals surface area contributed by atoms with E-state index in [1.165, 1.54) is 0 Å². The monoisotopic (exact) mass is 231 g/mol. The van der Waals surface area contributed by atoms with Crippen LogP contribution in [0.25, 0.3) is 0 Å². The quantitative estimate of drug-likeness (QED) is 0.766. The summed E-state index contributed by atoms with van der Waals surface area (Å²) in [6, 6.07) is 0. The first-order chi connectivity index (χ1) is 6.85. The van der Waals surface area contributed by atoms with Gasteiger partial charge in [0.1, 0.15) is 5.60 Å². The number of carbonyl (C=O) groups excluding carboxylic acids is 1. The summed E-state index contributed by atoms with van der Waals surface area (Å²) in [7, 11) is 0. The zero-order chi connectivity index (χ0) is 13.2. The summed E-state index contributed by atoms with van der Waals surface area (Å²) < 4.78 is 5.08. The summed E-state index contributed by atoms with van der Waals surface area (Å²) in [5.41, 5.74) is -1.79. The molecule has 0 aliphatic rings. The minimum absolute atomic E-state index is 0.172. The van der Waals surface area contributed by atoms with Crippen molar-refractivity contribution in [1.29, 1.82) is 0 Å². The van der Waals surface area contributed by atoms with Crippen LogP contribution in [0.1, 0.15) is 48.5 Å². The van der Waals surface area contributed by atoms with E-state index in [9.17, 15) is 9.90 Å². The smallest absolute Gasteiger partial charge is 0.407 e. The Kier molecular flexibility index (Phi) is 4.39. The molecule has 0 aromatic carbocycles. The Morgan fingerprint density at radius 2 is 1.56 bits per heavy atom. The number of aliphatic hydroxyl groups is 1. The Hall–Kier alpha value is -0.770. The molecule has 1 atom stereocenters. The number of alkyl carbamates (subject to hydrolysis) is 1. The van der Waals surface area contributed by atoms with Crippen LogP contribution in [0.15, 0.2) is 0 Å². The van der Waals surface area contributed by atoms with Crippen LogP contribution in [0, 0.1) is 5.41 Å². The van der Waals surface area contributed by atoms with Crippen molar-refractivity contribution in [2.45, 2.75) is 59.7 Å². The predicted octanol–water partition coefficient (Wildman–Crippen LogP) is 2.31. The van der Waals surface area contributed by atoms with Crippen molar-refractivity contribution in [2.75, 3.05) is 6.54 Å². The van der Waals surface area contributed by atoms with E-state index in [4.69, 9.17) is 4.74 Å². The molecule has 96 valence electrons. The maximum absolute atomic E-state index is 11.4. The van der Waals surface area contributed by atoms with Crippen LogP contribution >= 0.6 is 0 Å². The standard InChI is InChI=1S/C12H25NO3/c1-10(2,3)12(7,15)8-13-9(14)16-11(4,5)6/h15H,8H2,1-7H3,(H,13,14). The minimum Gasteiger partial charge on any atom is -0.444 e. The molecule has 0 bridgehead atoms. The fourth-order valence-electron chi connectivity index (χ4n) is 0.824. The lowest BCUT2D eigenvalue weighted by atomic mass is 9.78. The van der Waals surface area contributed by atoms with Gasteiger partial charge < -0.3 is 15.2 Å². The fourth-order valence-corrected chi connectivity index (χ4v) is 0.824. The van der Waals surface area contributed by atoms with Gasteiger partial charge in [-0.1, -0.05) is 20.8 Å². The molecular formula is C12H25NO3. The third-order valence-corrected chi connectivity index (χ3v) is 2.59. The number of ether oxygens (including phenoxy) is 1. The Bertz CT molecular complexity index is 246. The van der Waals surface area contributed by atoms with Crippen LogP contribution < -0.4 is 5.32 Å². The van der Waals surface area contributed by atoms with Gasteiger partial charge in [0.15, 0.2) is 0 Å². The molecule has 0 fully saturated rings. The van der Waals surface area contributed by atoms with Crippen molar-refractivity contribution in [3.63, 3.8) is 0 Å². The molecule has 1 amide bonds. The second kappa shape index (κ2) is 4.62. The summed E-state index contributed by atoms with van der Waals surface area (Å²) in [6.07, 6.45) is -0.503. The molecule has 0 heterocycles. The largest absolute Gasteiger partial charge is 0.444 e. The van der Waals surface area contributed by atoms with Gasteiger partial charge in [-0.25, -0.2) is 4.79 Å². The van der Waals surface area contributed by atoms with Crippen molar-refractivity contribution < 1.29 is 14.6 Å². The van der Waals surface area contributed by atoms with E-state index in [1.54, 1.807) is 27.7 Å². The summed E-state index contributed by atoms with van der Waals surface area (Å²) in [5, 5.41) is 12.7. The first-order valence-electron chi connectivity index (χ1n) is 5.54. The molecule has 2 N–H and O–H groups in total. The van der Waals surface area contributed by atoms with Crippen molar-refractivity contribution >= 4 is 6.09 Å². The van der Waals surface area contributed by atoms with Gasteiger partial charge in [-0.2, -0.15) is 0 Å².